The van der Waals surface area contributed by atoms with E-state index in [1.807, 2.05) is 72.5 Å². The summed E-state index contributed by atoms with van der Waals surface area (Å²) in [6, 6.07) is 18.1. The number of rotatable bonds is 5. The molecular weight excluding hydrogens is 274 g/mol. The van der Waals surface area contributed by atoms with Crippen molar-refractivity contribution in [3.05, 3.63) is 66.4 Å². The summed E-state index contributed by atoms with van der Waals surface area (Å²) in [6.45, 7) is 1.24. The van der Waals surface area contributed by atoms with Crippen LogP contribution in [0.4, 0.5) is 0 Å². The minimum absolute atomic E-state index is 0.128. The SMILES string of the molecule is CN(Cc1ccccc1)C(=O)CCn1ncc2ccccc21. The molecule has 1 amide bonds. The van der Waals surface area contributed by atoms with E-state index < -0.39 is 0 Å². The quantitative estimate of drug-likeness (QED) is 0.725. The number of amides is 1. The summed E-state index contributed by atoms with van der Waals surface area (Å²) in [7, 11) is 1.84. The molecule has 1 heterocycles. The highest BCUT2D eigenvalue weighted by Crippen LogP contribution is 2.13. The maximum absolute atomic E-state index is 12.3. The van der Waals surface area contributed by atoms with Gasteiger partial charge in [0.25, 0.3) is 0 Å². The molecule has 0 aliphatic rings. The van der Waals surface area contributed by atoms with Crippen LogP contribution in [0.5, 0.6) is 0 Å². The Morgan fingerprint density at radius 3 is 2.64 bits per heavy atom. The van der Waals surface area contributed by atoms with Crippen molar-refractivity contribution in [3.8, 4) is 0 Å². The summed E-state index contributed by atoms with van der Waals surface area (Å²) in [5.74, 6) is 0.128. The molecule has 0 saturated heterocycles. The highest BCUT2D eigenvalue weighted by molar-refractivity contribution is 5.79. The molecule has 0 fully saturated rings. The van der Waals surface area contributed by atoms with Crippen LogP contribution in [0, 0.1) is 0 Å². The first-order valence-corrected chi connectivity index (χ1v) is 7.42. The molecule has 3 aromatic rings. The first-order valence-electron chi connectivity index (χ1n) is 7.42. The predicted molar refractivity (Wildman–Crippen MR) is 87.3 cm³/mol. The number of benzene rings is 2. The van der Waals surface area contributed by atoms with Gasteiger partial charge < -0.3 is 4.90 Å². The topological polar surface area (TPSA) is 38.1 Å². The van der Waals surface area contributed by atoms with Crippen LogP contribution >= 0.6 is 0 Å². The Kier molecular flexibility index (Phi) is 4.19. The van der Waals surface area contributed by atoms with Gasteiger partial charge in [-0.1, -0.05) is 48.5 Å². The first-order chi connectivity index (χ1) is 10.7. The lowest BCUT2D eigenvalue weighted by Gasteiger charge is -2.17. The molecule has 0 spiro atoms. The highest BCUT2D eigenvalue weighted by atomic mass is 16.2. The van der Waals surface area contributed by atoms with E-state index in [9.17, 15) is 4.79 Å². The fourth-order valence-corrected chi connectivity index (χ4v) is 2.54. The normalized spacial score (nSPS) is 10.8. The third-order valence-corrected chi connectivity index (χ3v) is 3.78. The lowest BCUT2D eigenvalue weighted by atomic mass is 10.2. The molecule has 0 unspecified atom stereocenters. The van der Waals surface area contributed by atoms with Gasteiger partial charge in [-0.3, -0.25) is 9.48 Å². The standard InChI is InChI=1S/C18H19N3O/c1-20(14-15-7-3-2-4-8-15)18(22)11-12-21-17-10-6-5-9-16(17)13-19-21/h2-10,13H,11-12,14H2,1H3. The second-order valence-corrected chi connectivity index (χ2v) is 5.41. The molecule has 3 rings (SSSR count). The number of carbonyl (C=O) groups excluding carboxylic acids is 1. The van der Waals surface area contributed by atoms with Crippen LogP contribution in [-0.2, 0) is 17.9 Å². The Labute approximate surface area is 130 Å². The molecule has 1 aromatic heterocycles. The molecule has 0 aliphatic heterocycles. The van der Waals surface area contributed by atoms with Gasteiger partial charge in [-0.25, -0.2) is 0 Å². The van der Waals surface area contributed by atoms with E-state index >= 15 is 0 Å². The van der Waals surface area contributed by atoms with Crippen LogP contribution in [0.2, 0.25) is 0 Å². The van der Waals surface area contributed by atoms with Gasteiger partial charge >= 0.3 is 0 Å². The Bertz CT molecular complexity index is 764. The van der Waals surface area contributed by atoms with Crippen LogP contribution < -0.4 is 0 Å². The maximum Gasteiger partial charge on any atom is 0.224 e. The van der Waals surface area contributed by atoms with Crippen molar-refractivity contribution in [2.24, 2.45) is 0 Å². The number of para-hydroxylation sites is 1. The van der Waals surface area contributed by atoms with Crippen molar-refractivity contribution in [3.63, 3.8) is 0 Å². The Morgan fingerprint density at radius 2 is 1.82 bits per heavy atom. The van der Waals surface area contributed by atoms with Crippen LogP contribution in [0.25, 0.3) is 10.9 Å². The van der Waals surface area contributed by atoms with Crippen molar-refractivity contribution in [2.45, 2.75) is 19.5 Å². The Balaban J connectivity index is 1.60. The summed E-state index contributed by atoms with van der Waals surface area (Å²) in [4.78, 5) is 14.0. The number of hydrogen-bond acceptors (Lipinski definition) is 2. The summed E-state index contributed by atoms with van der Waals surface area (Å²) in [5.41, 5.74) is 2.21. The van der Waals surface area contributed by atoms with E-state index in [0.717, 1.165) is 16.5 Å². The summed E-state index contributed by atoms with van der Waals surface area (Å²) in [5, 5.41) is 5.46. The predicted octanol–water partition coefficient (Wildman–Crippen LogP) is 3.09. The second-order valence-electron chi connectivity index (χ2n) is 5.41. The lowest BCUT2D eigenvalue weighted by molar-refractivity contribution is -0.130. The largest absolute Gasteiger partial charge is 0.341 e. The van der Waals surface area contributed by atoms with E-state index in [-0.39, 0.29) is 5.91 Å². The molecule has 4 nitrogen and oxygen atoms in total. The van der Waals surface area contributed by atoms with Crippen molar-refractivity contribution in [2.75, 3.05) is 7.05 Å². The molecule has 0 saturated carbocycles. The summed E-state index contributed by atoms with van der Waals surface area (Å²) in [6.07, 6.45) is 2.29. The average molecular weight is 293 g/mol. The molecule has 2 aromatic carbocycles. The number of aromatic nitrogens is 2. The number of carbonyl (C=O) groups is 1. The minimum atomic E-state index is 0.128. The first kappa shape index (κ1) is 14.3. The molecule has 0 radical (unpaired) electrons. The van der Waals surface area contributed by atoms with E-state index in [4.69, 9.17) is 0 Å². The smallest absolute Gasteiger partial charge is 0.224 e. The number of aryl methyl sites for hydroxylation is 1. The van der Waals surface area contributed by atoms with Gasteiger partial charge in [-0.2, -0.15) is 5.10 Å². The van der Waals surface area contributed by atoms with Crippen LogP contribution in [0.1, 0.15) is 12.0 Å². The zero-order chi connectivity index (χ0) is 15.4. The maximum atomic E-state index is 12.3. The van der Waals surface area contributed by atoms with E-state index in [1.54, 1.807) is 4.90 Å². The van der Waals surface area contributed by atoms with Crippen LogP contribution in [0.15, 0.2) is 60.8 Å². The third kappa shape index (κ3) is 3.17. The molecule has 0 atom stereocenters. The van der Waals surface area contributed by atoms with Crippen molar-refractivity contribution in [1.29, 1.82) is 0 Å². The average Bonchev–Trinajstić information content (AvgIpc) is 2.97. The van der Waals surface area contributed by atoms with Crippen molar-refractivity contribution in [1.82, 2.24) is 14.7 Å². The molecule has 4 heteroatoms. The molecule has 0 bridgehead atoms. The Hall–Kier alpha value is -2.62. The van der Waals surface area contributed by atoms with Gasteiger partial charge in [0.15, 0.2) is 0 Å². The monoisotopic (exact) mass is 293 g/mol. The number of fused-ring (bicyclic) bond motifs is 1. The zero-order valence-corrected chi connectivity index (χ0v) is 12.6. The number of nitrogens with zero attached hydrogens (tertiary/aromatic N) is 3. The second kappa shape index (κ2) is 6.43. The number of hydrogen-bond donors (Lipinski definition) is 0. The summed E-state index contributed by atoms with van der Waals surface area (Å²) >= 11 is 0. The fraction of sp³-hybridized carbons (Fsp3) is 0.222. The fourth-order valence-electron chi connectivity index (χ4n) is 2.54. The van der Waals surface area contributed by atoms with Gasteiger partial charge in [-0.05, 0) is 11.6 Å². The van der Waals surface area contributed by atoms with Gasteiger partial charge in [0.05, 0.1) is 18.3 Å². The highest BCUT2D eigenvalue weighted by Gasteiger charge is 2.10. The van der Waals surface area contributed by atoms with Crippen LogP contribution in [0.3, 0.4) is 0 Å². The van der Waals surface area contributed by atoms with E-state index in [2.05, 4.69) is 5.10 Å². The van der Waals surface area contributed by atoms with Gasteiger partial charge in [0.1, 0.15) is 0 Å². The summed E-state index contributed by atoms with van der Waals surface area (Å²) < 4.78 is 1.89. The molecule has 112 valence electrons. The van der Waals surface area contributed by atoms with Gasteiger partial charge in [-0.15, -0.1) is 0 Å². The minimum Gasteiger partial charge on any atom is -0.341 e. The lowest BCUT2D eigenvalue weighted by Crippen LogP contribution is -2.27. The van der Waals surface area contributed by atoms with Crippen molar-refractivity contribution < 1.29 is 4.79 Å². The molecule has 22 heavy (non-hydrogen) atoms. The Morgan fingerprint density at radius 1 is 1.09 bits per heavy atom. The van der Waals surface area contributed by atoms with Gasteiger partial charge in [0.2, 0.25) is 5.91 Å². The molecule has 0 aliphatic carbocycles. The van der Waals surface area contributed by atoms with Crippen LogP contribution in [-0.4, -0.2) is 27.6 Å². The molecule has 0 N–H and O–H groups in total. The van der Waals surface area contributed by atoms with Crippen molar-refractivity contribution >= 4 is 16.8 Å². The molecular formula is C18H19N3O. The third-order valence-electron chi connectivity index (χ3n) is 3.78. The van der Waals surface area contributed by atoms with E-state index in [0.29, 0.717) is 19.5 Å². The van der Waals surface area contributed by atoms with E-state index in [1.165, 1.54) is 0 Å². The van der Waals surface area contributed by atoms with Gasteiger partial charge in [0, 0.05) is 25.4 Å². The zero-order valence-electron chi connectivity index (χ0n) is 12.6.